The first kappa shape index (κ1) is 21.9. The molecule has 0 amide bonds. The zero-order chi connectivity index (χ0) is 23.7. The van der Waals surface area contributed by atoms with Gasteiger partial charge in [0, 0.05) is 18.8 Å². The average Bonchev–Trinajstić information content (AvgIpc) is 3.47. The molecule has 0 bridgehead atoms. The third-order valence-corrected chi connectivity index (χ3v) is 6.23. The fourth-order valence-electron chi connectivity index (χ4n) is 4.51. The van der Waals surface area contributed by atoms with Gasteiger partial charge in [-0.3, -0.25) is 0 Å². The highest BCUT2D eigenvalue weighted by molar-refractivity contribution is 5.68. The van der Waals surface area contributed by atoms with Crippen molar-refractivity contribution in [2.24, 2.45) is 0 Å². The molecule has 1 aromatic carbocycles. The number of rotatable bonds is 7. The smallest absolute Gasteiger partial charge is 0.352 e. The molecule has 178 valence electrons. The van der Waals surface area contributed by atoms with Gasteiger partial charge in [-0.15, -0.1) is 5.10 Å². The summed E-state index contributed by atoms with van der Waals surface area (Å²) in [6.45, 7) is 3.18. The van der Waals surface area contributed by atoms with E-state index in [0.29, 0.717) is 34.7 Å². The van der Waals surface area contributed by atoms with Crippen LogP contribution in [0, 0.1) is 0 Å². The number of fused-ring (bicyclic) bond motifs is 1. The minimum absolute atomic E-state index is 0.0259. The number of nitrogens with zero attached hydrogens (tertiary/aromatic N) is 7. The maximum absolute atomic E-state index is 12.9. The monoisotopic (exact) mass is 465 g/mol. The molecule has 5 rings (SSSR count). The first-order valence-corrected chi connectivity index (χ1v) is 11.4. The van der Waals surface area contributed by atoms with E-state index in [1.165, 1.54) is 15.5 Å². The molecule has 0 aliphatic carbocycles. The minimum atomic E-state index is -0.321. The molecule has 1 aliphatic heterocycles. The van der Waals surface area contributed by atoms with E-state index in [-0.39, 0.29) is 18.1 Å². The number of hydrogen-bond acceptors (Lipinski definition) is 9. The van der Waals surface area contributed by atoms with Crippen LogP contribution >= 0.6 is 0 Å². The normalized spacial score (nSPS) is 16.2. The highest BCUT2D eigenvalue weighted by atomic mass is 16.5. The molecule has 4 heterocycles. The first-order chi connectivity index (χ1) is 16.6. The van der Waals surface area contributed by atoms with Gasteiger partial charge in [-0.2, -0.15) is 9.97 Å². The molecular formula is C23H27N7O4. The van der Waals surface area contributed by atoms with Crippen molar-refractivity contribution in [1.29, 1.82) is 0 Å². The van der Waals surface area contributed by atoms with Crippen molar-refractivity contribution in [2.75, 3.05) is 25.7 Å². The van der Waals surface area contributed by atoms with Crippen LogP contribution in [0.1, 0.15) is 38.5 Å². The number of ether oxygens (including phenoxy) is 2. The van der Waals surface area contributed by atoms with E-state index >= 15 is 0 Å². The Kier molecular flexibility index (Phi) is 5.91. The fraction of sp³-hybridized carbons (Fsp3) is 0.435. The van der Waals surface area contributed by atoms with Gasteiger partial charge in [0.1, 0.15) is 12.4 Å². The van der Waals surface area contributed by atoms with Crippen LogP contribution in [0.25, 0.3) is 17.2 Å². The molecule has 3 aromatic heterocycles. The lowest BCUT2D eigenvalue weighted by Crippen LogP contribution is -2.39. The van der Waals surface area contributed by atoms with Crippen molar-refractivity contribution >= 4 is 11.6 Å². The van der Waals surface area contributed by atoms with Gasteiger partial charge in [0.25, 0.3) is 5.78 Å². The highest BCUT2D eigenvalue weighted by Gasteiger charge is 2.23. The van der Waals surface area contributed by atoms with Crippen LogP contribution in [-0.2, 0) is 6.54 Å². The lowest BCUT2D eigenvalue weighted by molar-refractivity contribution is 0.354. The number of para-hydroxylation sites is 1. The summed E-state index contributed by atoms with van der Waals surface area (Å²) >= 11 is 0. The number of methoxy groups -OCH3 is 2. The van der Waals surface area contributed by atoms with Crippen molar-refractivity contribution in [1.82, 2.24) is 29.3 Å². The summed E-state index contributed by atoms with van der Waals surface area (Å²) < 4.78 is 18.9. The molecule has 34 heavy (non-hydrogen) atoms. The Hall–Kier alpha value is -3.89. The Morgan fingerprint density at radius 3 is 2.82 bits per heavy atom. The Morgan fingerprint density at radius 2 is 2.03 bits per heavy atom. The van der Waals surface area contributed by atoms with Gasteiger partial charge < -0.3 is 18.9 Å². The maximum Gasteiger partial charge on any atom is 0.352 e. The van der Waals surface area contributed by atoms with Crippen LogP contribution in [0.4, 0.5) is 5.82 Å². The summed E-state index contributed by atoms with van der Waals surface area (Å²) in [5, 5.41) is 8.46. The predicted octanol–water partition coefficient (Wildman–Crippen LogP) is 2.78. The quantitative estimate of drug-likeness (QED) is 0.406. The molecule has 0 radical (unpaired) electrons. The molecular weight excluding hydrogens is 438 g/mol. The molecule has 1 fully saturated rings. The number of hydrogen-bond donors (Lipinski definition) is 0. The maximum atomic E-state index is 12.9. The summed E-state index contributed by atoms with van der Waals surface area (Å²) in [7, 11) is 3.11. The number of piperidine rings is 1. The van der Waals surface area contributed by atoms with E-state index in [2.05, 4.69) is 32.0 Å². The summed E-state index contributed by atoms with van der Waals surface area (Å²) in [5.74, 6) is 2.83. The highest BCUT2D eigenvalue weighted by Crippen LogP contribution is 2.36. The summed E-state index contributed by atoms with van der Waals surface area (Å²) in [5.41, 5.74) is 0.302. The van der Waals surface area contributed by atoms with Crippen molar-refractivity contribution in [3.63, 3.8) is 0 Å². The Labute approximate surface area is 195 Å². The van der Waals surface area contributed by atoms with Crippen molar-refractivity contribution in [3.8, 4) is 22.9 Å². The van der Waals surface area contributed by atoms with Gasteiger partial charge in [0.2, 0.25) is 11.7 Å². The topological polar surface area (TPSA) is 113 Å². The van der Waals surface area contributed by atoms with E-state index in [1.807, 2.05) is 18.2 Å². The summed E-state index contributed by atoms with van der Waals surface area (Å²) in [4.78, 5) is 24.3. The largest absolute Gasteiger partial charge is 0.493 e. The van der Waals surface area contributed by atoms with E-state index in [1.54, 1.807) is 26.5 Å². The van der Waals surface area contributed by atoms with Crippen LogP contribution in [0.3, 0.4) is 0 Å². The van der Waals surface area contributed by atoms with Crippen LogP contribution < -0.4 is 20.1 Å². The molecule has 11 heteroatoms. The Balaban J connectivity index is 1.43. The van der Waals surface area contributed by atoms with Gasteiger partial charge in [0.05, 0.1) is 19.8 Å². The molecule has 4 aromatic rings. The minimum Gasteiger partial charge on any atom is -0.493 e. The lowest BCUT2D eigenvalue weighted by Gasteiger charge is -2.36. The average molecular weight is 466 g/mol. The third-order valence-electron chi connectivity index (χ3n) is 6.23. The van der Waals surface area contributed by atoms with Crippen molar-refractivity contribution in [2.45, 2.75) is 45.2 Å². The van der Waals surface area contributed by atoms with Crippen LogP contribution in [-0.4, -0.2) is 56.1 Å². The zero-order valence-corrected chi connectivity index (χ0v) is 19.5. The molecule has 1 saturated heterocycles. The number of anilines is 1. The lowest BCUT2D eigenvalue weighted by atomic mass is 10.0. The van der Waals surface area contributed by atoms with E-state index < -0.39 is 0 Å². The fourth-order valence-corrected chi connectivity index (χ4v) is 4.51. The second kappa shape index (κ2) is 9.16. The van der Waals surface area contributed by atoms with Crippen molar-refractivity contribution in [3.05, 3.63) is 46.8 Å². The standard InChI is InChI=1S/C23H27N7O4/c1-4-15-8-5-6-12-28(15)18-11-13-29-22(24-18)26-30(23(29)31)14-19-25-21(27-34-19)16-9-7-10-17(32-2)20(16)33-3/h7,9-11,13,15H,4-6,8,12,14H2,1-3H3. The molecule has 0 saturated carbocycles. The Bertz CT molecular complexity index is 1360. The molecule has 11 nitrogen and oxygen atoms in total. The van der Waals surface area contributed by atoms with Crippen LogP contribution in [0.2, 0.25) is 0 Å². The van der Waals surface area contributed by atoms with Gasteiger partial charge >= 0.3 is 5.69 Å². The van der Waals surface area contributed by atoms with Gasteiger partial charge in [-0.1, -0.05) is 18.1 Å². The summed E-state index contributed by atoms with van der Waals surface area (Å²) in [6.07, 6.45) is 6.32. The van der Waals surface area contributed by atoms with E-state index in [9.17, 15) is 4.79 Å². The van der Waals surface area contributed by atoms with E-state index in [4.69, 9.17) is 14.0 Å². The second-order valence-corrected chi connectivity index (χ2v) is 8.20. The molecule has 1 unspecified atom stereocenters. The molecule has 0 spiro atoms. The first-order valence-electron chi connectivity index (χ1n) is 11.4. The van der Waals surface area contributed by atoms with Gasteiger partial charge in [0.15, 0.2) is 11.5 Å². The predicted molar refractivity (Wildman–Crippen MR) is 124 cm³/mol. The Morgan fingerprint density at radius 1 is 1.15 bits per heavy atom. The molecule has 1 aliphatic rings. The SMILES string of the molecule is CCC1CCCCN1c1ccn2c(=O)n(Cc3nc(-c4cccc(OC)c4OC)no3)nc2n1. The zero-order valence-electron chi connectivity index (χ0n) is 19.5. The van der Waals surface area contributed by atoms with Crippen LogP contribution in [0.15, 0.2) is 39.8 Å². The second-order valence-electron chi connectivity index (χ2n) is 8.20. The van der Waals surface area contributed by atoms with Gasteiger partial charge in [-0.05, 0) is 43.9 Å². The van der Waals surface area contributed by atoms with Gasteiger partial charge in [-0.25, -0.2) is 13.9 Å². The van der Waals surface area contributed by atoms with Crippen LogP contribution in [0.5, 0.6) is 11.5 Å². The van der Waals surface area contributed by atoms with E-state index in [0.717, 1.165) is 31.6 Å². The number of benzene rings is 1. The molecule has 0 N–H and O–H groups in total. The van der Waals surface area contributed by atoms with Crippen molar-refractivity contribution < 1.29 is 14.0 Å². The third kappa shape index (κ3) is 3.87. The molecule has 1 atom stereocenters. The number of aromatic nitrogens is 6. The summed E-state index contributed by atoms with van der Waals surface area (Å²) in [6, 6.07) is 7.75.